The fourth-order valence-corrected chi connectivity index (χ4v) is 2.05. The molecule has 0 bridgehead atoms. The molecule has 1 aliphatic heterocycles. The third kappa shape index (κ3) is 3.65. The minimum absolute atomic E-state index is 0.326. The largest absolute Gasteiger partial charge is 0.347 e. The van der Waals surface area contributed by atoms with Gasteiger partial charge in [0.1, 0.15) is 0 Å². The summed E-state index contributed by atoms with van der Waals surface area (Å²) in [5.41, 5.74) is 0. The molecule has 13 heavy (non-hydrogen) atoms. The van der Waals surface area contributed by atoms with Crippen LogP contribution in [0, 0.1) is 5.92 Å². The van der Waals surface area contributed by atoms with Gasteiger partial charge in [0.2, 0.25) is 0 Å². The minimum Gasteiger partial charge on any atom is -0.347 e. The summed E-state index contributed by atoms with van der Waals surface area (Å²) in [6.07, 6.45) is 2.87. The summed E-state index contributed by atoms with van der Waals surface area (Å²) >= 11 is 0. The maximum Gasteiger partial charge on any atom is 0.163 e. The quantitative estimate of drug-likeness (QED) is 0.660. The molecule has 1 heterocycles. The van der Waals surface area contributed by atoms with Crippen molar-refractivity contribution >= 4 is 0 Å². The fraction of sp³-hybridized carbons (Fsp3) is 1.00. The lowest BCUT2D eigenvalue weighted by Crippen LogP contribution is -2.43. The smallest absolute Gasteiger partial charge is 0.163 e. The first kappa shape index (κ1) is 11.0. The first-order valence-electron chi connectivity index (χ1n) is 5.24. The SMILES string of the molecule is CC(C)CC1CC(C)OC(C)(C)O1. The number of hydrogen-bond donors (Lipinski definition) is 0. The van der Waals surface area contributed by atoms with E-state index >= 15 is 0 Å². The van der Waals surface area contributed by atoms with Gasteiger partial charge in [-0.25, -0.2) is 0 Å². The van der Waals surface area contributed by atoms with Crippen LogP contribution >= 0.6 is 0 Å². The van der Waals surface area contributed by atoms with Gasteiger partial charge in [-0.05, 0) is 39.5 Å². The third-order valence-electron chi connectivity index (χ3n) is 2.26. The van der Waals surface area contributed by atoms with Crippen molar-refractivity contribution in [2.24, 2.45) is 5.92 Å². The Balaban J connectivity index is 2.48. The molecule has 0 aromatic heterocycles. The number of hydrogen-bond acceptors (Lipinski definition) is 2. The molecule has 78 valence electrons. The Bertz CT molecular complexity index is 161. The minimum atomic E-state index is -0.392. The maximum atomic E-state index is 5.83. The molecule has 2 heteroatoms. The van der Waals surface area contributed by atoms with Crippen molar-refractivity contribution in [2.45, 2.75) is 65.5 Å². The number of rotatable bonds is 2. The Hall–Kier alpha value is -0.0800. The van der Waals surface area contributed by atoms with Gasteiger partial charge in [0, 0.05) is 0 Å². The van der Waals surface area contributed by atoms with Gasteiger partial charge >= 0.3 is 0 Å². The van der Waals surface area contributed by atoms with Crippen LogP contribution in [0.15, 0.2) is 0 Å². The average Bonchev–Trinajstić information content (AvgIpc) is 1.78. The van der Waals surface area contributed by atoms with E-state index in [1.807, 2.05) is 13.8 Å². The summed E-state index contributed by atoms with van der Waals surface area (Å²) in [7, 11) is 0. The van der Waals surface area contributed by atoms with Gasteiger partial charge in [0.05, 0.1) is 12.2 Å². The van der Waals surface area contributed by atoms with Crippen molar-refractivity contribution in [3.63, 3.8) is 0 Å². The van der Waals surface area contributed by atoms with Crippen molar-refractivity contribution in [1.82, 2.24) is 0 Å². The molecule has 0 N–H and O–H groups in total. The summed E-state index contributed by atoms with van der Waals surface area (Å²) in [5, 5.41) is 0. The first-order chi connectivity index (χ1) is 5.89. The van der Waals surface area contributed by atoms with Crippen LogP contribution in [-0.4, -0.2) is 18.0 Å². The maximum absolute atomic E-state index is 5.83. The van der Waals surface area contributed by atoms with Crippen LogP contribution in [0.25, 0.3) is 0 Å². The Morgan fingerprint density at radius 3 is 2.38 bits per heavy atom. The second kappa shape index (κ2) is 3.97. The van der Waals surface area contributed by atoms with E-state index in [0.29, 0.717) is 18.1 Å². The molecule has 0 saturated carbocycles. The van der Waals surface area contributed by atoms with Crippen LogP contribution in [0.4, 0.5) is 0 Å². The van der Waals surface area contributed by atoms with Gasteiger partial charge < -0.3 is 9.47 Å². The first-order valence-corrected chi connectivity index (χ1v) is 5.24. The molecule has 0 spiro atoms. The van der Waals surface area contributed by atoms with Crippen LogP contribution in [0.3, 0.4) is 0 Å². The number of ether oxygens (including phenoxy) is 2. The predicted molar refractivity (Wildman–Crippen MR) is 53.6 cm³/mol. The van der Waals surface area contributed by atoms with Gasteiger partial charge in [0.25, 0.3) is 0 Å². The lowest BCUT2D eigenvalue weighted by Gasteiger charge is -2.40. The van der Waals surface area contributed by atoms with Gasteiger partial charge in [-0.15, -0.1) is 0 Å². The van der Waals surface area contributed by atoms with E-state index in [-0.39, 0.29) is 0 Å². The van der Waals surface area contributed by atoms with Gasteiger partial charge in [-0.3, -0.25) is 0 Å². The highest BCUT2D eigenvalue weighted by Gasteiger charge is 2.33. The van der Waals surface area contributed by atoms with E-state index in [2.05, 4.69) is 20.8 Å². The standard InChI is InChI=1S/C11H22O2/c1-8(2)6-10-7-9(3)12-11(4,5)13-10/h8-10H,6-7H2,1-5H3. The lowest BCUT2D eigenvalue weighted by molar-refractivity contribution is -0.297. The Morgan fingerprint density at radius 2 is 1.92 bits per heavy atom. The van der Waals surface area contributed by atoms with Crippen molar-refractivity contribution < 1.29 is 9.47 Å². The summed E-state index contributed by atoms with van der Waals surface area (Å²) in [6, 6.07) is 0. The molecule has 1 saturated heterocycles. The summed E-state index contributed by atoms with van der Waals surface area (Å²) < 4.78 is 11.5. The van der Waals surface area contributed by atoms with Crippen molar-refractivity contribution in [2.75, 3.05) is 0 Å². The Kier molecular flexibility index (Phi) is 3.36. The van der Waals surface area contributed by atoms with Crippen LogP contribution in [0.2, 0.25) is 0 Å². The van der Waals surface area contributed by atoms with Gasteiger partial charge in [0.15, 0.2) is 5.79 Å². The van der Waals surface area contributed by atoms with Crippen LogP contribution in [0.5, 0.6) is 0 Å². The highest BCUT2D eigenvalue weighted by molar-refractivity contribution is 4.74. The monoisotopic (exact) mass is 186 g/mol. The second-order valence-corrected chi connectivity index (χ2v) is 4.93. The molecule has 1 fully saturated rings. The summed E-state index contributed by atoms with van der Waals surface area (Å²) in [4.78, 5) is 0. The topological polar surface area (TPSA) is 18.5 Å². The van der Waals surface area contributed by atoms with E-state index < -0.39 is 5.79 Å². The fourth-order valence-electron chi connectivity index (χ4n) is 2.05. The van der Waals surface area contributed by atoms with Crippen LogP contribution in [-0.2, 0) is 9.47 Å². The zero-order valence-electron chi connectivity index (χ0n) is 9.46. The van der Waals surface area contributed by atoms with Crippen molar-refractivity contribution in [3.8, 4) is 0 Å². The third-order valence-corrected chi connectivity index (χ3v) is 2.26. The molecule has 1 rings (SSSR count). The lowest BCUT2D eigenvalue weighted by atomic mass is 10.00. The molecular weight excluding hydrogens is 164 g/mol. The molecule has 2 nitrogen and oxygen atoms in total. The highest BCUT2D eigenvalue weighted by atomic mass is 16.7. The van der Waals surface area contributed by atoms with E-state index in [4.69, 9.17) is 9.47 Å². The highest BCUT2D eigenvalue weighted by Crippen LogP contribution is 2.29. The Morgan fingerprint density at radius 1 is 1.31 bits per heavy atom. The molecule has 0 aromatic carbocycles. The molecule has 0 amide bonds. The average molecular weight is 186 g/mol. The predicted octanol–water partition coefficient (Wildman–Crippen LogP) is 2.96. The summed E-state index contributed by atoms with van der Waals surface area (Å²) in [5.74, 6) is 0.308. The molecule has 0 radical (unpaired) electrons. The summed E-state index contributed by atoms with van der Waals surface area (Å²) in [6.45, 7) is 10.6. The molecule has 1 aliphatic rings. The zero-order chi connectivity index (χ0) is 10.1. The molecule has 0 aromatic rings. The normalized spacial score (nSPS) is 33.7. The van der Waals surface area contributed by atoms with E-state index in [1.165, 1.54) is 0 Å². The van der Waals surface area contributed by atoms with E-state index in [1.54, 1.807) is 0 Å². The van der Waals surface area contributed by atoms with Crippen LogP contribution < -0.4 is 0 Å². The van der Waals surface area contributed by atoms with Crippen molar-refractivity contribution in [1.29, 1.82) is 0 Å². The molecule has 2 atom stereocenters. The zero-order valence-corrected chi connectivity index (χ0v) is 9.46. The Labute approximate surface area is 81.6 Å². The molecular formula is C11H22O2. The second-order valence-electron chi connectivity index (χ2n) is 4.93. The molecule has 2 unspecified atom stereocenters. The van der Waals surface area contributed by atoms with E-state index in [9.17, 15) is 0 Å². The van der Waals surface area contributed by atoms with E-state index in [0.717, 1.165) is 12.8 Å². The van der Waals surface area contributed by atoms with Crippen LogP contribution in [0.1, 0.15) is 47.5 Å². The van der Waals surface area contributed by atoms with Gasteiger partial charge in [-0.2, -0.15) is 0 Å². The van der Waals surface area contributed by atoms with Crippen molar-refractivity contribution in [3.05, 3.63) is 0 Å². The molecule has 0 aliphatic carbocycles. The van der Waals surface area contributed by atoms with Gasteiger partial charge in [-0.1, -0.05) is 13.8 Å².